The van der Waals surface area contributed by atoms with E-state index in [-0.39, 0.29) is 0 Å². The van der Waals surface area contributed by atoms with Gasteiger partial charge in [0.2, 0.25) is 0 Å². The number of allylic oxidation sites excluding steroid dienone is 1. The van der Waals surface area contributed by atoms with E-state index in [2.05, 4.69) is 13.5 Å². The van der Waals surface area contributed by atoms with Crippen LogP contribution in [0.4, 0.5) is 0 Å². The molecule has 0 aliphatic rings. The van der Waals surface area contributed by atoms with Crippen molar-refractivity contribution in [3.8, 4) is 0 Å². The monoisotopic (exact) mass is 224 g/mol. The molecule has 0 saturated heterocycles. The molecule has 1 nitrogen and oxygen atoms in total. The highest BCUT2D eigenvalue weighted by atomic mass is 16.1. The van der Waals surface area contributed by atoms with E-state index < -0.39 is 0 Å². The van der Waals surface area contributed by atoms with Gasteiger partial charge in [0.15, 0.2) is 0 Å². The zero-order valence-corrected chi connectivity index (χ0v) is 11.0. The van der Waals surface area contributed by atoms with Crippen molar-refractivity contribution in [2.45, 2.75) is 77.6 Å². The van der Waals surface area contributed by atoms with Crippen molar-refractivity contribution < 1.29 is 4.79 Å². The van der Waals surface area contributed by atoms with Crippen LogP contribution in [0.25, 0.3) is 0 Å². The number of hydrogen-bond donors (Lipinski definition) is 0. The molecule has 16 heavy (non-hydrogen) atoms. The Morgan fingerprint density at radius 1 is 0.938 bits per heavy atom. The lowest BCUT2D eigenvalue weighted by Crippen LogP contribution is -1.97. The second kappa shape index (κ2) is 12.5. The summed E-state index contributed by atoms with van der Waals surface area (Å²) in [4.78, 5) is 11.5. The Labute approximate surface area is 101 Å². The van der Waals surface area contributed by atoms with E-state index in [9.17, 15) is 4.79 Å². The number of rotatable bonds is 12. The van der Waals surface area contributed by atoms with Gasteiger partial charge in [0.25, 0.3) is 0 Å². The lowest BCUT2D eigenvalue weighted by Gasteiger charge is -2.01. The van der Waals surface area contributed by atoms with Crippen molar-refractivity contribution >= 4 is 5.78 Å². The van der Waals surface area contributed by atoms with Crippen molar-refractivity contribution in [3.63, 3.8) is 0 Å². The van der Waals surface area contributed by atoms with Gasteiger partial charge in [0.1, 0.15) is 5.78 Å². The van der Waals surface area contributed by atoms with Crippen LogP contribution in [0.3, 0.4) is 0 Å². The SMILES string of the molecule is C=CCCCCCCC(=O)CCCCCC. The summed E-state index contributed by atoms with van der Waals surface area (Å²) < 4.78 is 0. The molecule has 0 aromatic carbocycles. The molecule has 0 atom stereocenters. The number of carbonyl (C=O) groups is 1. The molecule has 0 unspecified atom stereocenters. The third kappa shape index (κ3) is 11.5. The maximum atomic E-state index is 11.5. The molecule has 0 aliphatic carbocycles. The molecule has 1 heteroatoms. The zero-order chi connectivity index (χ0) is 12.1. The minimum absolute atomic E-state index is 0.472. The molecule has 0 saturated carbocycles. The maximum absolute atomic E-state index is 11.5. The average molecular weight is 224 g/mol. The topological polar surface area (TPSA) is 17.1 Å². The average Bonchev–Trinajstić information content (AvgIpc) is 2.29. The van der Waals surface area contributed by atoms with Crippen molar-refractivity contribution in [1.82, 2.24) is 0 Å². The van der Waals surface area contributed by atoms with Gasteiger partial charge < -0.3 is 0 Å². The Hall–Kier alpha value is -0.590. The first-order chi connectivity index (χ1) is 7.81. The third-order valence-electron chi connectivity index (χ3n) is 2.92. The Bertz CT molecular complexity index is 172. The van der Waals surface area contributed by atoms with Gasteiger partial charge >= 0.3 is 0 Å². The Kier molecular flexibility index (Phi) is 12.0. The van der Waals surface area contributed by atoms with E-state index in [1.54, 1.807) is 0 Å². The summed E-state index contributed by atoms with van der Waals surface area (Å²) >= 11 is 0. The van der Waals surface area contributed by atoms with Gasteiger partial charge in [0.05, 0.1) is 0 Å². The second-order valence-corrected chi connectivity index (χ2v) is 4.59. The fourth-order valence-corrected chi connectivity index (χ4v) is 1.84. The number of ketones is 1. The van der Waals surface area contributed by atoms with E-state index in [1.165, 1.54) is 38.5 Å². The third-order valence-corrected chi connectivity index (χ3v) is 2.92. The summed E-state index contributed by atoms with van der Waals surface area (Å²) in [6.07, 6.45) is 14.3. The molecular weight excluding hydrogens is 196 g/mol. The predicted octanol–water partition coefficient (Wildman–Crippen LogP) is 5.05. The highest BCUT2D eigenvalue weighted by Gasteiger charge is 2.01. The lowest BCUT2D eigenvalue weighted by molar-refractivity contribution is -0.119. The molecule has 0 radical (unpaired) electrons. The minimum Gasteiger partial charge on any atom is -0.300 e. The summed E-state index contributed by atoms with van der Waals surface area (Å²) in [7, 11) is 0. The molecule has 0 aromatic rings. The Morgan fingerprint density at radius 3 is 2.06 bits per heavy atom. The van der Waals surface area contributed by atoms with Crippen LogP contribution in [-0.4, -0.2) is 5.78 Å². The molecule has 0 bridgehead atoms. The zero-order valence-electron chi connectivity index (χ0n) is 11.0. The van der Waals surface area contributed by atoms with E-state index in [0.717, 1.165) is 32.1 Å². The summed E-state index contributed by atoms with van der Waals surface area (Å²) in [6.45, 7) is 5.90. The first-order valence-electron chi connectivity index (χ1n) is 6.93. The number of unbranched alkanes of at least 4 members (excludes halogenated alkanes) is 7. The maximum Gasteiger partial charge on any atom is 0.132 e. The van der Waals surface area contributed by atoms with Gasteiger partial charge in [-0.1, -0.05) is 45.1 Å². The second-order valence-electron chi connectivity index (χ2n) is 4.59. The van der Waals surface area contributed by atoms with E-state index in [4.69, 9.17) is 0 Å². The lowest BCUT2D eigenvalue weighted by atomic mass is 10.0. The van der Waals surface area contributed by atoms with E-state index in [1.807, 2.05) is 6.08 Å². The number of hydrogen-bond acceptors (Lipinski definition) is 1. The number of Topliss-reactive ketones (excluding diaryl/α,β-unsaturated/α-hetero) is 1. The van der Waals surface area contributed by atoms with Gasteiger partial charge in [-0.2, -0.15) is 0 Å². The molecule has 0 aliphatic heterocycles. The van der Waals surface area contributed by atoms with Crippen LogP contribution in [0, 0.1) is 0 Å². The van der Waals surface area contributed by atoms with Crippen LogP contribution in [-0.2, 0) is 4.79 Å². The van der Waals surface area contributed by atoms with Gasteiger partial charge in [-0.15, -0.1) is 6.58 Å². The van der Waals surface area contributed by atoms with E-state index in [0.29, 0.717) is 5.78 Å². The molecule has 0 spiro atoms. The fraction of sp³-hybridized carbons (Fsp3) is 0.800. The minimum atomic E-state index is 0.472. The molecule has 0 N–H and O–H groups in total. The summed E-state index contributed by atoms with van der Waals surface area (Å²) in [5, 5.41) is 0. The summed E-state index contributed by atoms with van der Waals surface area (Å²) in [5.74, 6) is 0.472. The van der Waals surface area contributed by atoms with Gasteiger partial charge in [-0.05, 0) is 25.7 Å². The van der Waals surface area contributed by atoms with Crippen LogP contribution in [0.1, 0.15) is 77.6 Å². The highest BCUT2D eigenvalue weighted by Crippen LogP contribution is 2.09. The van der Waals surface area contributed by atoms with E-state index >= 15 is 0 Å². The highest BCUT2D eigenvalue weighted by molar-refractivity contribution is 5.78. The van der Waals surface area contributed by atoms with Crippen molar-refractivity contribution in [3.05, 3.63) is 12.7 Å². The quantitative estimate of drug-likeness (QED) is 0.335. The molecule has 0 heterocycles. The predicted molar refractivity (Wildman–Crippen MR) is 71.7 cm³/mol. The number of carbonyl (C=O) groups excluding carboxylic acids is 1. The van der Waals surface area contributed by atoms with Crippen molar-refractivity contribution in [2.75, 3.05) is 0 Å². The first-order valence-corrected chi connectivity index (χ1v) is 6.93. The molecule has 0 fully saturated rings. The molecule has 94 valence electrons. The van der Waals surface area contributed by atoms with Crippen LogP contribution in [0.2, 0.25) is 0 Å². The molecule has 0 rings (SSSR count). The van der Waals surface area contributed by atoms with Crippen LogP contribution in [0.15, 0.2) is 12.7 Å². The van der Waals surface area contributed by atoms with Crippen LogP contribution in [0.5, 0.6) is 0 Å². The Morgan fingerprint density at radius 2 is 1.50 bits per heavy atom. The Balaban J connectivity index is 3.14. The molecule has 0 aromatic heterocycles. The van der Waals surface area contributed by atoms with Crippen LogP contribution < -0.4 is 0 Å². The largest absolute Gasteiger partial charge is 0.300 e. The van der Waals surface area contributed by atoms with Crippen molar-refractivity contribution in [1.29, 1.82) is 0 Å². The first kappa shape index (κ1) is 15.4. The standard InChI is InChI=1S/C15H28O/c1-3-5-7-9-10-12-14-15(16)13-11-8-6-4-2/h3H,1,4-14H2,2H3. The van der Waals surface area contributed by atoms with Gasteiger partial charge in [0, 0.05) is 12.8 Å². The normalized spacial score (nSPS) is 10.3. The van der Waals surface area contributed by atoms with Gasteiger partial charge in [-0.25, -0.2) is 0 Å². The summed E-state index contributed by atoms with van der Waals surface area (Å²) in [6, 6.07) is 0. The fourth-order valence-electron chi connectivity index (χ4n) is 1.84. The molecular formula is C15H28O. The van der Waals surface area contributed by atoms with Crippen molar-refractivity contribution in [2.24, 2.45) is 0 Å². The smallest absolute Gasteiger partial charge is 0.132 e. The van der Waals surface area contributed by atoms with Crippen LogP contribution >= 0.6 is 0 Å². The molecule has 0 amide bonds. The van der Waals surface area contributed by atoms with Gasteiger partial charge in [-0.3, -0.25) is 4.79 Å². The summed E-state index contributed by atoms with van der Waals surface area (Å²) in [5.41, 5.74) is 0.